The summed E-state index contributed by atoms with van der Waals surface area (Å²) >= 11 is 12.1. The Kier molecular flexibility index (Phi) is 5.84. The molecule has 0 fully saturated rings. The second-order valence-electron chi connectivity index (χ2n) is 4.99. The van der Waals surface area contributed by atoms with Gasteiger partial charge in [-0.1, -0.05) is 43.1 Å². The van der Waals surface area contributed by atoms with Crippen molar-refractivity contribution in [3.63, 3.8) is 0 Å². The lowest BCUT2D eigenvalue weighted by Gasteiger charge is -2.22. The monoisotopic (exact) mass is 316 g/mol. The molecule has 0 unspecified atom stereocenters. The van der Waals surface area contributed by atoms with E-state index in [9.17, 15) is 9.59 Å². The predicted octanol–water partition coefficient (Wildman–Crippen LogP) is 2.72. The smallest absolute Gasteiger partial charge is 0.240 e. The molecular weight excluding hydrogens is 299 g/mol. The quantitative estimate of drug-likeness (QED) is 0.876. The fraction of sp³-hybridized carbons (Fsp3) is 0.429. The van der Waals surface area contributed by atoms with Gasteiger partial charge in [-0.25, -0.2) is 0 Å². The second kappa shape index (κ2) is 6.95. The lowest BCUT2D eigenvalue weighted by atomic mass is 9.98. The number of carbonyl (C=O) groups excluding carboxylic acids is 2. The number of hydrogen-bond acceptors (Lipinski definition) is 2. The number of nitrogens with two attached hydrogens (primary N) is 1. The van der Waals surface area contributed by atoms with Crippen molar-refractivity contribution in [3.05, 3.63) is 33.8 Å². The topological polar surface area (TPSA) is 72.2 Å². The molecule has 4 nitrogen and oxygen atoms in total. The number of primary amides is 1. The first-order valence-electron chi connectivity index (χ1n) is 6.29. The lowest BCUT2D eigenvalue weighted by Crippen LogP contribution is -2.48. The van der Waals surface area contributed by atoms with E-state index in [2.05, 4.69) is 5.32 Å². The zero-order valence-corrected chi connectivity index (χ0v) is 13.1. The van der Waals surface area contributed by atoms with E-state index >= 15 is 0 Å². The van der Waals surface area contributed by atoms with E-state index in [0.29, 0.717) is 15.6 Å². The molecule has 1 aromatic rings. The summed E-state index contributed by atoms with van der Waals surface area (Å²) in [5, 5.41) is 3.47. The van der Waals surface area contributed by atoms with Gasteiger partial charge in [0.05, 0.1) is 5.92 Å². The van der Waals surface area contributed by atoms with Crippen LogP contribution in [0.5, 0.6) is 0 Å². The zero-order chi connectivity index (χ0) is 15.4. The van der Waals surface area contributed by atoms with Crippen LogP contribution in [0.2, 0.25) is 10.0 Å². The summed E-state index contributed by atoms with van der Waals surface area (Å²) in [6.45, 7) is 5.30. The minimum absolute atomic E-state index is 0.0923. The molecule has 0 saturated heterocycles. The second-order valence-corrected chi connectivity index (χ2v) is 5.80. The highest BCUT2D eigenvalue weighted by Crippen LogP contribution is 2.31. The number of hydrogen-bond donors (Lipinski definition) is 2. The minimum atomic E-state index is -0.716. The Morgan fingerprint density at radius 2 is 1.65 bits per heavy atom. The van der Waals surface area contributed by atoms with E-state index in [1.165, 1.54) is 0 Å². The van der Waals surface area contributed by atoms with Crippen LogP contribution in [0.15, 0.2) is 18.2 Å². The summed E-state index contributed by atoms with van der Waals surface area (Å²) in [5.41, 5.74) is 5.82. The predicted molar refractivity (Wildman–Crippen MR) is 80.8 cm³/mol. The SMILES string of the molecule is CC(C)[C@@H](NC(=O)[C@@H](C)c1c(Cl)cccc1Cl)C(N)=O. The fourth-order valence-corrected chi connectivity index (χ4v) is 2.62. The van der Waals surface area contributed by atoms with Gasteiger partial charge in [0.1, 0.15) is 6.04 Å². The van der Waals surface area contributed by atoms with Crippen LogP contribution in [0, 0.1) is 5.92 Å². The first-order valence-corrected chi connectivity index (χ1v) is 7.04. The number of halogens is 2. The molecule has 2 amide bonds. The first kappa shape index (κ1) is 16.8. The summed E-state index contributed by atoms with van der Waals surface area (Å²) < 4.78 is 0. The van der Waals surface area contributed by atoms with Gasteiger partial charge < -0.3 is 11.1 Å². The molecule has 1 rings (SSSR count). The van der Waals surface area contributed by atoms with Crippen molar-refractivity contribution in [2.75, 3.05) is 0 Å². The van der Waals surface area contributed by atoms with Crippen molar-refractivity contribution in [1.29, 1.82) is 0 Å². The molecule has 2 atom stereocenters. The summed E-state index contributed by atoms with van der Waals surface area (Å²) in [6, 6.07) is 4.33. The lowest BCUT2D eigenvalue weighted by molar-refractivity contribution is -0.129. The number of nitrogens with one attached hydrogen (secondary N) is 1. The van der Waals surface area contributed by atoms with E-state index in [1.807, 2.05) is 13.8 Å². The van der Waals surface area contributed by atoms with Crippen molar-refractivity contribution in [2.24, 2.45) is 11.7 Å². The maximum atomic E-state index is 12.2. The number of amides is 2. The molecule has 1 aromatic carbocycles. The van der Waals surface area contributed by atoms with Crippen molar-refractivity contribution in [1.82, 2.24) is 5.32 Å². The standard InChI is InChI=1S/C14H18Cl2N2O2/c1-7(2)12(13(17)19)18-14(20)8(3)11-9(15)5-4-6-10(11)16/h4-8,12H,1-3H3,(H2,17,19)(H,18,20)/t8-,12+/m0/s1. The summed E-state index contributed by atoms with van der Waals surface area (Å²) in [5.74, 6) is -1.56. The van der Waals surface area contributed by atoms with E-state index in [0.717, 1.165) is 0 Å². The molecule has 0 spiro atoms. The van der Waals surface area contributed by atoms with Crippen molar-refractivity contribution in [2.45, 2.75) is 32.7 Å². The third-order valence-corrected chi connectivity index (χ3v) is 3.76. The number of benzene rings is 1. The van der Waals surface area contributed by atoms with E-state index in [-0.39, 0.29) is 11.8 Å². The minimum Gasteiger partial charge on any atom is -0.368 e. The van der Waals surface area contributed by atoms with Gasteiger partial charge in [-0.2, -0.15) is 0 Å². The zero-order valence-electron chi connectivity index (χ0n) is 11.6. The van der Waals surface area contributed by atoms with Crippen molar-refractivity contribution in [3.8, 4) is 0 Å². The van der Waals surface area contributed by atoms with E-state index in [1.54, 1.807) is 25.1 Å². The molecular formula is C14H18Cl2N2O2. The van der Waals surface area contributed by atoms with E-state index < -0.39 is 17.9 Å². The van der Waals surface area contributed by atoms with Crippen LogP contribution in [0.4, 0.5) is 0 Å². The van der Waals surface area contributed by atoms with Gasteiger partial charge in [0, 0.05) is 15.6 Å². The fourth-order valence-electron chi connectivity index (χ4n) is 1.90. The van der Waals surface area contributed by atoms with Gasteiger partial charge in [0.2, 0.25) is 11.8 Å². The van der Waals surface area contributed by atoms with E-state index in [4.69, 9.17) is 28.9 Å². The Balaban J connectivity index is 2.95. The molecule has 0 heterocycles. The Morgan fingerprint density at radius 1 is 1.15 bits per heavy atom. The highest BCUT2D eigenvalue weighted by Gasteiger charge is 2.26. The van der Waals surface area contributed by atoms with Crippen LogP contribution in [0.25, 0.3) is 0 Å². The molecule has 20 heavy (non-hydrogen) atoms. The number of rotatable bonds is 5. The summed E-state index contributed by atoms with van der Waals surface area (Å²) in [6.07, 6.45) is 0. The van der Waals surface area contributed by atoms with Gasteiger partial charge in [-0.15, -0.1) is 0 Å². The van der Waals surface area contributed by atoms with Gasteiger partial charge in [-0.05, 0) is 25.0 Å². The van der Waals surface area contributed by atoms with Crippen LogP contribution in [0.3, 0.4) is 0 Å². The molecule has 6 heteroatoms. The molecule has 0 aliphatic heterocycles. The van der Waals surface area contributed by atoms with Crippen molar-refractivity contribution >= 4 is 35.0 Å². The molecule has 0 radical (unpaired) electrons. The van der Waals surface area contributed by atoms with Crippen LogP contribution < -0.4 is 11.1 Å². The van der Waals surface area contributed by atoms with Crippen LogP contribution in [-0.4, -0.2) is 17.9 Å². The summed E-state index contributed by atoms with van der Waals surface area (Å²) in [4.78, 5) is 23.6. The Morgan fingerprint density at radius 3 is 2.05 bits per heavy atom. The largest absolute Gasteiger partial charge is 0.368 e. The maximum Gasteiger partial charge on any atom is 0.240 e. The first-order chi connectivity index (χ1) is 9.25. The highest BCUT2D eigenvalue weighted by molar-refractivity contribution is 6.36. The molecule has 0 aliphatic carbocycles. The highest BCUT2D eigenvalue weighted by atomic mass is 35.5. The Labute approximate surface area is 128 Å². The molecule has 3 N–H and O–H groups in total. The molecule has 0 saturated carbocycles. The molecule has 0 bridgehead atoms. The van der Waals surface area contributed by atoms with Gasteiger partial charge in [-0.3, -0.25) is 9.59 Å². The third-order valence-electron chi connectivity index (χ3n) is 3.10. The molecule has 110 valence electrons. The Bertz CT molecular complexity index is 498. The van der Waals surface area contributed by atoms with Gasteiger partial charge in [0.15, 0.2) is 0 Å². The van der Waals surface area contributed by atoms with Crippen LogP contribution in [0.1, 0.15) is 32.3 Å². The van der Waals surface area contributed by atoms with Crippen LogP contribution in [-0.2, 0) is 9.59 Å². The number of carbonyl (C=O) groups is 2. The maximum absolute atomic E-state index is 12.2. The average Bonchev–Trinajstić information content (AvgIpc) is 2.34. The molecule has 0 aromatic heterocycles. The summed E-state index contributed by atoms with van der Waals surface area (Å²) in [7, 11) is 0. The van der Waals surface area contributed by atoms with Crippen molar-refractivity contribution < 1.29 is 9.59 Å². The van der Waals surface area contributed by atoms with Gasteiger partial charge >= 0.3 is 0 Å². The average molecular weight is 317 g/mol. The normalized spacial score (nSPS) is 13.9. The third kappa shape index (κ3) is 3.87. The Hall–Kier alpha value is -1.26. The van der Waals surface area contributed by atoms with Gasteiger partial charge in [0.25, 0.3) is 0 Å². The van der Waals surface area contributed by atoms with Crippen LogP contribution >= 0.6 is 23.2 Å². The molecule has 0 aliphatic rings.